The minimum atomic E-state index is -3.59. The van der Waals surface area contributed by atoms with E-state index in [1.807, 2.05) is 20.8 Å². The Morgan fingerprint density at radius 1 is 1.05 bits per heavy atom. The number of carbonyl (C=O) groups excluding carboxylic acids is 2. The van der Waals surface area contributed by atoms with Gasteiger partial charge in [-0.1, -0.05) is 29.3 Å². The molecule has 2 rings (SSSR count). The predicted molar refractivity (Wildman–Crippen MR) is 149 cm³/mol. The first-order valence-electron chi connectivity index (χ1n) is 11.8. The molecule has 2 amide bonds. The van der Waals surface area contributed by atoms with Crippen molar-refractivity contribution in [1.29, 1.82) is 0 Å². The van der Waals surface area contributed by atoms with Gasteiger partial charge in [0.1, 0.15) is 11.8 Å². The Morgan fingerprint density at radius 3 is 2.19 bits per heavy atom. The molecule has 0 heterocycles. The van der Waals surface area contributed by atoms with E-state index in [9.17, 15) is 18.0 Å². The number of carbonyl (C=O) groups is 2. The van der Waals surface area contributed by atoms with Crippen LogP contribution in [0.15, 0.2) is 42.5 Å². The Labute approximate surface area is 229 Å². The zero-order valence-electron chi connectivity index (χ0n) is 22.0. The second-order valence-electron chi connectivity index (χ2n) is 9.82. The maximum Gasteiger partial charge on any atom is 0.242 e. The molecular formula is C26H35Cl2N3O5S. The van der Waals surface area contributed by atoms with Crippen molar-refractivity contribution in [2.24, 2.45) is 0 Å². The molecule has 0 aliphatic carbocycles. The quantitative estimate of drug-likeness (QED) is 0.414. The van der Waals surface area contributed by atoms with E-state index < -0.39 is 21.6 Å². The SMILES string of the molecule is COc1ccc(N(CCCC(=O)N(Cc2ccc(Cl)c(Cl)c2)C(C)C(=O)NC(C)(C)C)S(C)(=O)=O)cc1. The molecule has 11 heteroatoms. The number of ether oxygens (including phenoxy) is 1. The van der Waals surface area contributed by atoms with Crippen LogP contribution in [0.25, 0.3) is 0 Å². The molecule has 37 heavy (non-hydrogen) atoms. The standard InChI is InChI=1S/C26H35Cl2N3O5S/c1-18(25(33)29-26(2,3)4)30(17-19-9-14-22(27)23(28)16-19)24(32)8-7-15-31(37(6,34)35)20-10-12-21(36-5)13-11-20/h9-14,16,18H,7-8,15,17H2,1-6H3,(H,29,33). The van der Waals surface area contributed by atoms with Crippen LogP contribution in [0.1, 0.15) is 46.1 Å². The van der Waals surface area contributed by atoms with Gasteiger partial charge in [0.15, 0.2) is 0 Å². The average molecular weight is 573 g/mol. The second kappa shape index (κ2) is 12.8. The Hall–Kier alpha value is -2.49. The maximum absolute atomic E-state index is 13.4. The molecule has 8 nitrogen and oxygen atoms in total. The van der Waals surface area contributed by atoms with E-state index in [0.29, 0.717) is 27.0 Å². The first-order chi connectivity index (χ1) is 17.1. The van der Waals surface area contributed by atoms with Gasteiger partial charge in [-0.3, -0.25) is 13.9 Å². The van der Waals surface area contributed by atoms with Gasteiger partial charge in [-0.2, -0.15) is 0 Å². The Kier molecular flexibility index (Phi) is 10.7. The van der Waals surface area contributed by atoms with Crippen LogP contribution >= 0.6 is 23.2 Å². The summed E-state index contributed by atoms with van der Waals surface area (Å²) in [5.74, 6) is 0.0237. The molecule has 0 aliphatic heterocycles. The van der Waals surface area contributed by atoms with Gasteiger partial charge in [0.05, 0.1) is 29.1 Å². The zero-order valence-corrected chi connectivity index (χ0v) is 24.4. The van der Waals surface area contributed by atoms with Crippen LogP contribution in [0.2, 0.25) is 10.0 Å². The normalized spacial score (nSPS) is 12.5. The van der Waals surface area contributed by atoms with Crippen molar-refractivity contribution >= 4 is 50.7 Å². The zero-order chi connectivity index (χ0) is 28.0. The maximum atomic E-state index is 13.4. The lowest BCUT2D eigenvalue weighted by Gasteiger charge is -2.32. The molecular weight excluding hydrogens is 537 g/mol. The van der Waals surface area contributed by atoms with Crippen molar-refractivity contribution in [3.05, 3.63) is 58.1 Å². The van der Waals surface area contributed by atoms with Crippen LogP contribution < -0.4 is 14.4 Å². The molecule has 1 unspecified atom stereocenters. The molecule has 0 aliphatic rings. The summed E-state index contributed by atoms with van der Waals surface area (Å²) < 4.78 is 31.3. The summed E-state index contributed by atoms with van der Waals surface area (Å²) in [6.07, 6.45) is 1.41. The van der Waals surface area contributed by atoms with Gasteiger partial charge in [0.25, 0.3) is 0 Å². The van der Waals surface area contributed by atoms with Crippen molar-refractivity contribution in [2.75, 3.05) is 24.2 Å². The Balaban J connectivity index is 2.21. The number of nitrogens with zero attached hydrogens (tertiary/aromatic N) is 2. The van der Waals surface area contributed by atoms with E-state index in [1.54, 1.807) is 49.4 Å². The summed E-state index contributed by atoms with van der Waals surface area (Å²) in [4.78, 5) is 27.8. The molecule has 0 bridgehead atoms. The summed E-state index contributed by atoms with van der Waals surface area (Å²) in [5.41, 5.74) is 0.716. The molecule has 1 N–H and O–H groups in total. The van der Waals surface area contributed by atoms with Crippen molar-refractivity contribution in [3.8, 4) is 5.75 Å². The van der Waals surface area contributed by atoms with Gasteiger partial charge in [-0.05, 0) is 76.1 Å². The van der Waals surface area contributed by atoms with Crippen LogP contribution in [-0.4, -0.2) is 56.6 Å². The number of anilines is 1. The molecule has 2 aromatic carbocycles. The van der Waals surface area contributed by atoms with Crippen molar-refractivity contribution in [1.82, 2.24) is 10.2 Å². The van der Waals surface area contributed by atoms with Gasteiger partial charge in [0, 0.05) is 25.0 Å². The fourth-order valence-electron chi connectivity index (χ4n) is 3.64. The minimum Gasteiger partial charge on any atom is -0.497 e. The summed E-state index contributed by atoms with van der Waals surface area (Å²) in [7, 11) is -2.06. The van der Waals surface area contributed by atoms with E-state index in [2.05, 4.69) is 5.32 Å². The van der Waals surface area contributed by atoms with E-state index in [0.717, 1.165) is 6.26 Å². The highest BCUT2D eigenvalue weighted by Crippen LogP contribution is 2.25. The van der Waals surface area contributed by atoms with E-state index in [1.165, 1.54) is 16.3 Å². The van der Waals surface area contributed by atoms with E-state index >= 15 is 0 Å². The minimum absolute atomic E-state index is 0.0383. The highest BCUT2D eigenvalue weighted by molar-refractivity contribution is 7.92. The summed E-state index contributed by atoms with van der Waals surface area (Å²) in [6, 6.07) is 10.9. The van der Waals surface area contributed by atoms with Gasteiger partial charge in [-0.15, -0.1) is 0 Å². The van der Waals surface area contributed by atoms with Crippen LogP contribution in [0, 0.1) is 0 Å². The first-order valence-corrected chi connectivity index (χ1v) is 14.4. The highest BCUT2D eigenvalue weighted by atomic mass is 35.5. The molecule has 0 saturated carbocycles. The van der Waals surface area contributed by atoms with Gasteiger partial charge in [-0.25, -0.2) is 8.42 Å². The fourth-order valence-corrected chi connectivity index (χ4v) is 4.93. The largest absolute Gasteiger partial charge is 0.497 e. The number of benzene rings is 2. The number of halogens is 2. The first kappa shape index (κ1) is 30.7. The van der Waals surface area contributed by atoms with Gasteiger partial charge in [0.2, 0.25) is 21.8 Å². The molecule has 0 fully saturated rings. The molecule has 2 aromatic rings. The van der Waals surface area contributed by atoms with Crippen LogP contribution in [0.5, 0.6) is 5.75 Å². The van der Waals surface area contributed by atoms with Gasteiger partial charge < -0.3 is 15.0 Å². The number of methoxy groups -OCH3 is 1. The van der Waals surface area contributed by atoms with Gasteiger partial charge >= 0.3 is 0 Å². The molecule has 0 saturated heterocycles. The second-order valence-corrected chi connectivity index (χ2v) is 12.5. The third kappa shape index (κ3) is 9.39. The predicted octanol–water partition coefficient (Wildman–Crippen LogP) is 4.88. The van der Waals surface area contributed by atoms with Crippen molar-refractivity contribution in [3.63, 3.8) is 0 Å². The lowest BCUT2D eigenvalue weighted by atomic mass is 10.1. The van der Waals surface area contributed by atoms with Crippen LogP contribution in [-0.2, 0) is 26.2 Å². The van der Waals surface area contributed by atoms with Crippen molar-refractivity contribution < 1.29 is 22.7 Å². The van der Waals surface area contributed by atoms with Crippen LogP contribution in [0.3, 0.4) is 0 Å². The lowest BCUT2D eigenvalue weighted by Crippen LogP contribution is -2.52. The molecule has 0 spiro atoms. The third-order valence-corrected chi connectivity index (χ3v) is 7.45. The number of amides is 2. The summed E-state index contributed by atoms with van der Waals surface area (Å²) in [6.45, 7) is 7.49. The van der Waals surface area contributed by atoms with E-state index in [4.69, 9.17) is 27.9 Å². The lowest BCUT2D eigenvalue weighted by molar-refractivity contribution is -0.141. The number of rotatable bonds is 11. The smallest absolute Gasteiger partial charge is 0.242 e. The molecule has 204 valence electrons. The average Bonchev–Trinajstić information content (AvgIpc) is 2.80. The Bertz CT molecular complexity index is 1200. The third-order valence-electron chi connectivity index (χ3n) is 5.52. The van der Waals surface area contributed by atoms with E-state index in [-0.39, 0.29) is 37.7 Å². The molecule has 1 atom stereocenters. The van der Waals surface area contributed by atoms with Crippen LogP contribution in [0.4, 0.5) is 5.69 Å². The summed E-state index contributed by atoms with van der Waals surface area (Å²) >= 11 is 12.2. The fraction of sp³-hybridized carbons (Fsp3) is 0.462. The molecule has 0 radical (unpaired) electrons. The number of nitrogens with one attached hydrogen (secondary N) is 1. The highest BCUT2D eigenvalue weighted by Gasteiger charge is 2.28. The summed E-state index contributed by atoms with van der Waals surface area (Å²) in [5, 5.41) is 3.65. The number of hydrogen-bond acceptors (Lipinski definition) is 5. The molecule has 0 aromatic heterocycles. The number of hydrogen-bond donors (Lipinski definition) is 1. The monoisotopic (exact) mass is 571 g/mol. The topological polar surface area (TPSA) is 96.0 Å². The Morgan fingerprint density at radius 2 is 1.68 bits per heavy atom. The van der Waals surface area contributed by atoms with Crippen molar-refractivity contribution in [2.45, 2.75) is 58.7 Å². The number of sulfonamides is 1.